The van der Waals surface area contributed by atoms with E-state index >= 15 is 0 Å². The molecule has 0 spiro atoms. The van der Waals surface area contributed by atoms with Gasteiger partial charge in [0.1, 0.15) is 11.6 Å². The van der Waals surface area contributed by atoms with Gasteiger partial charge in [0.25, 0.3) is 5.91 Å². The number of fused-ring (bicyclic) bond motifs is 1. The maximum absolute atomic E-state index is 13.5. The molecule has 30 heavy (non-hydrogen) atoms. The molecule has 1 aliphatic heterocycles. The summed E-state index contributed by atoms with van der Waals surface area (Å²) in [5.74, 6) is 1.24. The number of nitrogens with one attached hydrogen (secondary N) is 1. The van der Waals surface area contributed by atoms with Gasteiger partial charge in [-0.3, -0.25) is 4.79 Å². The highest BCUT2D eigenvalue weighted by Gasteiger charge is 2.26. The predicted molar refractivity (Wildman–Crippen MR) is 110 cm³/mol. The molecule has 6 nitrogen and oxygen atoms in total. The average Bonchev–Trinajstić information content (AvgIpc) is 3.41. The Morgan fingerprint density at radius 1 is 1.03 bits per heavy atom. The SMILES string of the molecule is O=C(c1c[nH]c(-c2ccccc2)c1)N1CCn2c(Cc3cccc(F)c3)nnc2C1. The topological polar surface area (TPSA) is 66.8 Å². The van der Waals surface area contributed by atoms with E-state index < -0.39 is 0 Å². The van der Waals surface area contributed by atoms with E-state index in [0.29, 0.717) is 31.6 Å². The van der Waals surface area contributed by atoms with Gasteiger partial charge < -0.3 is 14.5 Å². The van der Waals surface area contributed by atoms with Crippen LogP contribution in [0.4, 0.5) is 4.39 Å². The minimum absolute atomic E-state index is 0.0330. The van der Waals surface area contributed by atoms with Gasteiger partial charge in [-0.05, 0) is 29.3 Å². The van der Waals surface area contributed by atoms with Crippen molar-refractivity contribution in [1.82, 2.24) is 24.6 Å². The van der Waals surface area contributed by atoms with Crippen molar-refractivity contribution in [2.75, 3.05) is 6.54 Å². The van der Waals surface area contributed by atoms with Gasteiger partial charge in [0.15, 0.2) is 5.82 Å². The van der Waals surface area contributed by atoms with Crippen molar-refractivity contribution in [3.63, 3.8) is 0 Å². The van der Waals surface area contributed by atoms with E-state index in [4.69, 9.17) is 0 Å². The highest BCUT2D eigenvalue weighted by Crippen LogP contribution is 2.22. The molecule has 2 aromatic carbocycles. The Bertz CT molecular complexity index is 1200. The van der Waals surface area contributed by atoms with E-state index in [1.807, 2.05) is 47.0 Å². The van der Waals surface area contributed by atoms with Gasteiger partial charge in [-0.25, -0.2) is 4.39 Å². The molecule has 0 atom stereocenters. The zero-order valence-electron chi connectivity index (χ0n) is 16.3. The first-order valence-electron chi connectivity index (χ1n) is 9.86. The molecular weight excluding hydrogens is 381 g/mol. The Morgan fingerprint density at radius 3 is 2.73 bits per heavy atom. The Morgan fingerprint density at radius 2 is 1.90 bits per heavy atom. The van der Waals surface area contributed by atoms with Crippen LogP contribution >= 0.6 is 0 Å². The Hall–Kier alpha value is -3.74. The number of halogens is 1. The molecule has 0 radical (unpaired) electrons. The molecule has 0 fully saturated rings. The Kier molecular flexibility index (Phi) is 4.63. The molecular formula is C23H20FN5O. The lowest BCUT2D eigenvalue weighted by atomic mass is 10.1. The number of rotatable bonds is 4. The molecule has 0 saturated heterocycles. The van der Waals surface area contributed by atoms with Crippen molar-refractivity contribution in [1.29, 1.82) is 0 Å². The van der Waals surface area contributed by atoms with Crippen molar-refractivity contribution in [2.45, 2.75) is 19.5 Å². The number of benzene rings is 2. The minimum atomic E-state index is -0.260. The fourth-order valence-electron chi connectivity index (χ4n) is 3.84. The van der Waals surface area contributed by atoms with E-state index in [1.165, 1.54) is 12.1 Å². The van der Waals surface area contributed by atoms with Crippen molar-refractivity contribution < 1.29 is 9.18 Å². The summed E-state index contributed by atoms with van der Waals surface area (Å²) in [6, 6.07) is 18.3. The maximum Gasteiger partial charge on any atom is 0.255 e. The van der Waals surface area contributed by atoms with Gasteiger partial charge in [-0.15, -0.1) is 10.2 Å². The van der Waals surface area contributed by atoms with Gasteiger partial charge in [0, 0.05) is 31.4 Å². The lowest BCUT2D eigenvalue weighted by Crippen LogP contribution is -2.38. The summed E-state index contributed by atoms with van der Waals surface area (Å²) in [5.41, 5.74) is 3.43. The number of amides is 1. The molecule has 0 unspecified atom stereocenters. The summed E-state index contributed by atoms with van der Waals surface area (Å²) in [6.45, 7) is 1.60. The van der Waals surface area contributed by atoms with Crippen molar-refractivity contribution in [2.24, 2.45) is 0 Å². The highest BCUT2D eigenvalue weighted by atomic mass is 19.1. The second-order valence-corrected chi connectivity index (χ2v) is 7.39. The van der Waals surface area contributed by atoms with Crippen LogP contribution in [0.25, 0.3) is 11.3 Å². The smallest absolute Gasteiger partial charge is 0.255 e. The largest absolute Gasteiger partial charge is 0.360 e. The molecule has 0 aliphatic carbocycles. The molecule has 7 heteroatoms. The first kappa shape index (κ1) is 18.3. The summed E-state index contributed by atoms with van der Waals surface area (Å²) in [4.78, 5) is 18.0. The summed E-state index contributed by atoms with van der Waals surface area (Å²) >= 11 is 0. The van der Waals surface area contributed by atoms with Gasteiger partial charge in [0.2, 0.25) is 0 Å². The molecule has 2 aromatic heterocycles. The number of carbonyl (C=O) groups excluding carboxylic acids is 1. The number of hydrogen-bond donors (Lipinski definition) is 1. The molecule has 150 valence electrons. The number of H-pyrrole nitrogens is 1. The van der Waals surface area contributed by atoms with Crippen LogP contribution < -0.4 is 0 Å². The molecule has 1 amide bonds. The van der Waals surface area contributed by atoms with Crippen molar-refractivity contribution in [3.8, 4) is 11.3 Å². The molecule has 4 aromatic rings. The van der Waals surface area contributed by atoms with Gasteiger partial charge in [0.05, 0.1) is 12.1 Å². The van der Waals surface area contributed by atoms with E-state index in [1.54, 1.807) is 17.2 Å². The first-order valence-corrected chi connectivity index (χ1v) is 9.86. The minimum Gasteiger partial charge on any atom is -0.360 e. The van der Waals surface area contributed by atoms with Crippen LogP contribution in [0.5, 0.6) is 0 Å². The van der Waals surface area contributed by atoms with E-state index in [0.717, 1.165) is 28.5 Å². The molecule has 1 N–H and O–H groups in total. The number of hydrogen-bond acceptors (Lipinski definition) is 3. The summed E-state index contributed by atoms with van der Waals surface area (Å²) in [5, 5.41) is 8.55. The maximum atomic E-state index is 13.5. The number of carbonyl (C=O) groups is 1. The fraction of sp³-hybridized carbons (Fsp3) is 0.174. The van der Waals surface area contributed by atoms with Gasteiger partial charge in [-0.1, -0.05) is 42.5 Å². The summed E-state index contributed by atoms with van der Waals surface area (Å²) in [7, 11) is 0. The van der Waals surface area contributed by atoms with Crippen LogP contribution in [0.3, 0.4) is 0 Å². The number of nitrogens with zero attached hydrogens (tertiary/aromatic N) is 4. The average molecular weight is 401 g/mol. The van der Waals surface area contributed by atoms with Crippen LogP contribution in [0.2, 0.25) is 0 Å². The summed E-state index contributed by atoms with van der Waals surface area (Å²) in [6.07, 6.45) is 2.26. The second kappa shape index (κ2) is 7.59. The van der Waals surface area contributed by atoms with Crippen LogP contribution in [0.15, 0.2) is 66.9 Å². The first-order chi connectivity index (χ1) is 14.7. The monoisotopic (exact) mass is 401 g/mol. The lowest BCUT2D eigenvalue weighted by Gasteiger charge is -2.27. The normalized spacial score (nSPS) is 13.3. The van der Waals surface area contributed by atoms with Crippen molar-refractivity contribution >= 4 is 5.91 Å². The summed E-state index contributed by atoms with van der Waals surface area (Å²) < 4.78 is 15.5. The van der Waals surface area contributed by atoms with Crippen LogP contribution in [-0.2, 0) is 19.5 Å². The second-order valence-electron chi connectivity index (χ2n) is 7.39. The predicted octanol–water partition coefficient (Wildman–Crippen LogP) is 3.66. The molecule has 3 heterocycles. The van der Waals surface area contributed by atoms with E-state index in [-0.39, 0.29) is 11.7 Å². The van der Waals surface area contributed by atoms with Crippen molar-refractivity contribution in [3.05, 3.63) is 95.5 Å². The van der Waals surface area contributed by atoms with Crippen LogP contribution in [0, 0.1) is 5.82 Å². The van der Waals surface area contributed by atoms with E-state index in [2.05, 4.69) is 15.2 Å². The third-order valence-corrected chi connectivity index (χ3v) is 5.38. The van der Waals surface area contributed by atoms with Gasteiger partial charge in [-0.2, -0.15) is 0 Å². The number of aromatic amines is 1. The van der Waals surface area contributed by atoms with E-state index in [9.17, 15) is 9.18 Å². The standard InChI is InChI=1S/C23H20FN5O/c24-19-8-4-5-16(11-19)12-21-26-27-22-15-28(9-10-29(21)22)23(30)18-13-20(25-14-18)17-6-2-1-3-7-17/h1-8,11,13-14,25H,9-10,12,15H2. The van der Waals surface area contributed by atoms with Crippen LogP contribution in [-0.4, -0.2) is 37.1 Å². The zero-order valence-corrected chi connectivity index (χ0v) is 16.3. The zero-order chi connectivity index (χ0) is 20.5. The Labute approximate surface area is 173 Å². The quantitative estimate of drug-likeness (QED) is 0.568. The molecule has 0 saturated carbocycles. The molecule has 5 rings (SSSR count). The molecule has 1 aliphatic rings. The fourth-order valence-corrected chi connectivity index (χ4v) is 3.84. The lowest BCUT2D eigenvalue weighted by molar-refractivity contribution is 0.0706. The third kappa shape index (κ3) is 3.50. The van der Waals surface area contributed by atoms with Crippen LogP contribution in [0.1, 0.15) is 27.6 Å². The Balaban J connectivity index is 1.31. The van der Waals surface area contributed by atoms with Gasteiger partial charge >= 0.3 is 0 Å². The molecule has 0 bridgehead atoms. The third-order valence-electron chi connectivity index (χ3n) is 5.38. The number of aromatic nitrogens is 4. The highest BCUT2D eigenvalue weighted by molar-refractivity contribution is 5.95.